The van der Waals surface area contributed by atoms with Gasteiger partial charge in [0.25, 0.3) is 0 Å². The lowest BCUT2D eigenvalue weighted by Gasteiger charge is -2.16. The number of anilines is 1. The van der Waals surface area contributed by atoms with Crippen LogP contribution in [-0.4, -0.2) is 15.4 Å². The molecule has 0 radical (unpaired) electrons. The van der Waals surface area contributed by atoms with E-state index in [1.54, 1.807) is 0 Å². The standard InChI is InChI=1S/C19H32N4/c1-4-6-8-10-12-15-16(13-11-9-7-5-2)19-18(21-23-22-19)14(3)17(15)20/h4-13,20H2,1-3H3,(H,21,22,23). The second-order valence-electron chi connectivity index (χ2n) is 6.65. The number of hydrogen-bond donors (Lipinski definition) is 2. The molecular formula is C19H32N4. The number of nitrogens with zero attached hydrogens (tertiary/aromatic N) is 2. The fraction of sp³-hybridized carbons (Fsp3) is 0.684. The maximum Gasteiger partial charge on any atom is 0.118 e. The molecule has 0 fully saturated rings. The van der Waals surface area contributed by atoms with E-state index in [4.69, 9.17) is 5.73 Å². The molecule has 0 amide bonds. The molecule has 0 aliphatic carbocycles. The molecule has 1 heterocycles. The first-order chi connectivity index (χ1) is 11.2. The molecule has 3 N–H and O–H groups in total. The molecular weight excluding hydrogens is 284 g/mol. The van der Waals surface area contributed by atoms with Gasteiger partial charge in [0.15, 0.2) is 0 Å². The summed E-state index contributed by atoms with van der Waals surface area (Å²) < 4.78 is 0. The van der Waals surface area contributed by atoms with Gasteiger partial charge in [-0.3, -0.25) is 5.10 Å². The first kappa shape index (κ1) is 17.8. The fourth-order valence-corrected chi connectivity index (χ4v) is 3.39. The maximum atomic E-state index is 6.47. The Labute approximate surface area is 140 Å². The van der Waals surface area contributed by atoms with Crippen molar-refractivity contribution in [2.75, 3.05) is 5.73 Å². The van der Waals surface area contributed by atoms with Crippen molar-refractivity contribution in [1.82, 2.24) is 15.4 Å². The second kappa shape index (κ2) is 8.90. The van der Waals surface area contributed by atoms with Crippen molar-refractivity contribution in [1.29, 1.82) is 0 Å². The minimum absolute atomic E-state index is 0.938. The Hall–Kier alpha value is -1.58. The van der Waals surface area contributed by atoms with Gasteiger partial charge in [-0.05, 0) is 43.7 Å². The maximum absolute atomic E-state index is 6.47. The Balaban J connectivity index is 2.26. The summed E-state index contributed by atoms with van der Waals surface area (Å²) in [5.74, 6) is 0. The Kier molecular flexibility index (Phi) is 6.87. The molecule has 23 heavy (non-hydrogen) atoms. The van der Waals surface area contributed by atoms with Crippen LogP contribution in [0.3, 0.4) is 0 Å². The second-order valence-corrected chi connectivity index (χ2v) is 6.65. The number of nitrogen functional groups attached to an aromatic ring is 1. The van der Waals surface area contributed by atoms with Crippen LogP contribution in [0.4, 0.5) is 5.69 Å². The summed E-state index contributed by atoms with van der Waals surface area (Å²) in [5, 5.41) is 11.4. The van der Waals surface area contributed by atoms with Gasteiger partial charge in [0, 0.05) is 11.3 Å². The number of rotatable bonds is 10. The number of unbranched alkanes of at least 4 members (excludes halogenated alkanes) is 6. The van der Waals surface area contributed by atoms with Crippen LogP contribution in [-0.2, 0) is 12.8 Å². The molecule has 1 aromatic carbocycles. The van der Waals surface area contributed by atoms with Gasteiger partial charge >= 0.3 is 0 Å². The van der Waals surface area contributed by atoms with Crippen LogP contribution in [0.5, 0.6) is 0 Å². The Morgan fingerprint density at radius 3 is 2.09 bits per heavy atom. The third-order valence-electron chi connectivity index (χ3n) is 4.86. The lowest BCUT2D eigenvalue weighted by atomic mass is 9.91. The minimum Gasteiger partial charge on any atom is -0.398 e. The van der Waals surface area contributed by atoms with Crippen molar-refractivity contribution in [2.24, 2.45) is 0 Å². The van der Waals surface area contributed by atoms with E-state index >= 15 is 0 Å². The molecule has 0 saturated carbocycles. The van der Waals surface area contributed by atoms with E-state index in [0.29, 0.717) is 0 Å². The Morgan fingerprint density at radius 2 is 1.48 bits per heavy atom. The predicted octanol–water partition coefficient (Wildman–Crippen LogP) is 5.09. The van der Waals surface area contributed by atoms with Crippen LogP contribution >= 0.6 is 0 Å². The molecule has 2 rings (SSSR count). The molecule has 4 nitrogen and oxygen atoms in total. The van der Waals surface area contributed by atoms with Crippen molar-refractivity contribution < 1.29 is 0 Å². The fourth-order valence-electron chi connectivity index (χ4n) is 3.39. The van der Waals surface area contributed by atoms with E-state index in [1.807, 2.05) is 0 Å². The summed E-state index contributed by atoms with van der Waals surface area (Å²) in [6.45, 7) is 6.57. The van der Waals surface area contributed by atoms with E-state index < -0.39 is 0 Å². The quantitative estimate of drug-likeness (QED) is 0.473. The van der Waals surface area contributed by atoms with Gasteiger partial charge in [0.2, 0.25) is 0 Å². The summed E-state index contributed by atoms with van der Waals surface area (Å²) >= 11 is 0. The van der Waals surface area contributed by atoms with Gasteiger partial charge < -0.3 is 5.73 Å². The molecule has 0 aliphatic heterocycles. The van der Waals surface area contributed by atoms with E-state index in [-0.39, 0.29) is 0 Å². The molecule has 0 bridgehead atoms. The van der Waals surface area contributed by atoms with E-state index in [1.165, 1.54) is 62.5 Å². The minimum atomic E-state index is 0.938. The molecule has 2 aromatic rings. The number of aryl methyl sites for hydroxylation is 2. The average molecular weight is 316 g/mol. The highest BCUT2D eigenvalue weighted by Gasteiger charge is 2.17. The van der Waals surface area contributed by atoms with Crippen molar-refractivity contribution >= 4 is 16.7 Å². The normalized spacial score (nSPS) is 11.4. The van der Waals surface area contributed by atoms with Crippen LogP contribution in [0.1, 0.15) is 81.9 Å². The van der Waals surface area contributed by atoms with Crippen molar-refractivity contribution in [3.05, 3.63) is 16.7 Å². The van der Waals surface area contributed by atoms with E-state index in [2.05, 4.69) is 36.2 Å². The van der Waals surface area contributed by atoms with E-state index in [9.17, 15) is 0 Å². The SMILES string of the molecule is CCCCCCc1c(N)c(C)c2nn[nH]c2c1CCCCCC. The van der Waals surface area contributed by atoms with Gasteiger partial charge in [0.05, 0.1) is 5.52 Å². The number of hydrogen-bond acceptors (Lipinski definition) is 3. The molecule has 128 valence electrons. The molecule has 0 aliphatic rings. The summed E-state index contributed by atoms with van der Waals surface area (Å²) in [4.78, 5) is 0. The number of nitrogens with one attached hydrogen (secondary N) is 1. The lowest BCUT2D eigenvalue weighted by molar-refractivity contribution is 0.652. The number of aromatic amines is 1. The third-order valence-corrected chi connectivity index (χ3v) is 4.86. The highest BCUT2D eigenvalue weighted by molar-refractivity contribution is 5.88. The van der Waals surface area contributed by atoms with Gasteiger partial charge in [-0.25, -0.2) is 0 Å². The highest BCUT2D eigenvalue weighted by atomic mass is 15.3. The lowest BCUT2D eigenvalue weighted by Crippen LogP contribution is -2.05. The molecule has 0 unspecified atom stereocenters. The predicted molar refractivity (Wildman–Crippen MR) is 98.7 cm³/mol. The van der Waals surface area contributed by atoms with Crippen LogP contribution in [0.25, 0.3) is 11.0 Å². The number of fused-ring (bicyclic) bond motifs is 1. The molecule has 0 atom stereocenters. The molecule has 1 aromatic heterocycles. The highest BCUT2D eigenvalue weighted by Crippen LogP contribution is 2.32. The number of aromatic nitrogens is 3. The average Bonchev–Trinajstić information content (AvgIpc) is 3.04. The van der Waals surface area contributed by atoms with Gasteiger partial charge in [-0.1, -0.05) is 57.6 Å². The molecule has 0 spiro atoms. The van der Waals surface area contributed by atoms with Gasteiger partial charge in [0.1, 0.15) is 5.52 Å². The zero-order chi connectivity index (χ0) is 16.7. The Bertz CT molecular complexity index is 615. The smallest absolute Gasteiger partial charge is 0.118 e. The summed E-state index contributed by atoms with van der Waals surface area (Å²) in [5.41, 5.74) is 13.3. The first-order valence-corrected chi connectivity index (χ1v) is 9.31. The molecule has 0 saturated heterocycles. The van der Waals surface area contributed by atoms with Crippen LogP contribution in [0.15, 0.2) is 0 Å². The monoisotopic (exact) mass is 316 g/mol. The third kappa shape index (κ3) is 4.24. The first-order valence-electron chi connectivity index (χ1n) is 9.31. The topological polar surface area (TPSA) is 67.6 Å². The van der Waals surface area contributed by atoms with Gasteiger partial charge in [-0.15, -0.1) is 5.10 Å². The number of H-pyrrole nitrogens is 1. The number of benzene rings is 1. The van der Waals surface area contributed by atoms with Crippen molar-refractivity contribution in [3.8, 4) is 0 Å². The summed E-state index contributed by atoms with van der Waals surface area (Å²) in [6.07, 6.45) is 12.3. The Morgan fingerprint density at radius 1 is 0.870 bits per heavy atom. The van der Waals surface area contributed by atoms with Crippen LogP contribution < -0.4 is 5.73 Å². The zero-order valence-electron chi connectivity index (χ0n) is 15.0. The number of nitrogens with two attached hydrogens (primary N) is 1. The molecule has 4 heteroatoms. The van der Waals surface area contributed by atoms with E-state index in [0.717, 1.165) is 35.1 Å². The zero-order valence-corrected chi connectivity index (χ0v) is 15.0. The van der Waals surface area contributed by atoms with Crippen LogP contribution in [0.2, 0.25) is 0 Å². The largest absolute Gasteiger partial charge is 0.398 e. The van der Waals surface area contributed by atoms with Crippen molar-refractivity contribution in [3.63, 3.8) is 0 Å². The summed E-state index contributed by atoms with van der Waals surface area (Å²) in [7, 11) is 0. The van der Waals surface area contributed by atoms with Crippen LogP contribution in [0, 0.1) is 6.92 Å². The van der Waals surface area contributed by atoms with Crippen molar-refractivity contribution in [2.45, 2.75) is 85.0 Å². The van der Waals surface area contributed by atoms with Gasteiger partial charge in [-0.2, -0.15) is 0 Å². The summed E-state index contributed by atoms with van der Waals surface area (Å²) in [6, 6.07) is 0.